The molecule has 1 aromatic rings. The lowest BCUT2D eigenvalue weighted by atomic mass is 10.1. The van der Waals surface area contributed by atoms with Gasteiger partial charge in [-0.25, -0.2) is 0 Å². The van der Waals surface area contributed by atoms with Gasteiger partial charge in [-0.3, -0.25) is 9.59 Å². The van der Waals surface area contributed by atoms with E-state index in [9.17, 15) is 9.59 Å². The predicted octanol–water partition coefficient (Wildman–Crippen LogP) is 0.720. The number of phenols is 1. The second-order valence-electron chi connectivity index (χ2n) is 4.72. The van der Waals surface area contributed by atoms with Gasteiger partial charge in [0, 0.05) is 13.0 Å². The minimum absolute atomic E-state index is 0.0516. The average molecular weight is 262 g/mol. The molecular weight excluding hydrogens is 244 g/mol. The number of rotatable bonds is 5. The van der Waals surface area contributed by atoms with E-state index >= 15 is 0 Å². The van der Waals surface area contributed by atoms with Crippen LogP contribution in [0.15, 0.2) is 24.3 Å². The fourth-order valence-electron chi connectivity index (χ4n) is 2.10. The summed E-state index contributed by atoms with van der Waals surface area (Å²) in [5.41, 5.74) is 1.13. The number of hydrogen-bond donors (Lipinski definition) is 3. The maximum Gasteiger partial charge on any atom is 0.242 e. The minimum atomic E-state index is -0.360. The SMILES string of the molecule is O=C1CCC(C(=O)NCCCc2ccc(O)cc2)N1. The lowest BCUT2D eigenvalue weighted by molar-refractivity contribution is -0.125. The average Bonchev–Trinajstić information content (AvgIpc) is 2.83. The second kappa shape index (κ2) is 6.22. The summed E-state index contributed by atoms with van der Waals surface area (Å²) in [5.74, 6) is 0.106. The third-order valence-electron chi connectivity index (χ3n) is 3.19. The van der Waals surface area contributed by atoms with Crippen molar-refractivity contribution in [2.24, 2.45) is 0 Å². The molecule has 5 nitrogen and oxygen atoms in total. The van der Waals surface area contributed by atoms with Crippen molar-refractivity contribution in [3.63, 3.8) is 0 Å². The molecule has 5 heteroatoms. The minimum Gasteiger partial charge on any atom is -0.508 e. The highest BCUT2D eigenvalue weighted by Crippen LogP contribution is 2.11. The Balaban J connectivity index is 1.65. The highest BCUT2D eigenvalue weighted by molar-refractivity contribution is 5.90. The van der Waals surface area contributed by atoms with Crippen LogP contribution in [0.5, 0.6) is 5.75 Å². The van der Waals surface area contributed by atoms with Crippen molar-refractivity contribution in [1.82, 2.24) is 10.6 Å². The molecule has 0 radical (unpaired) electrons. The third-order valence-corrected chi connectivity index (χ3v) is 3.19. The molecule has 0 spiro atoms. The normalized spacial score (nSPS) is 18.1. The molecule has 1 heterocycles. The molecule has 1 unspecified atom stereocenters. The zero-order valence-electron chi connectivity index (χ0n) is 10.7. The summed E-state index contributed by atoms with van der Waals surface area (Å²) >= 11 is 0. The van der Waals surface area contributed by atoms with Gasteiger partial charge in [-0.2, -0.15) is 0 Å². The van der Waals surface area contributed by atoms with Gasteiger partial charge in [-0.05, 0) is 37.0 Å². The van der Waals surface area contributed by atoms with Crippen LogP contribution in [0.2, 0.25) is 0 Å². The zero-order valence-corrected chi connectivity index (χ0v) is 10.7. The van der Waals surface area contributed by atoms with Crippen molar-refractivity contribution in [2.45, 2.75) is 31.7 Å². The number of aryl methyl sites for hydroxylation is 1. The monoisotopic (exact) mass is 262 g/mol. The Labute approximate surface area is 112 Å². The van der Waals surface area contributed by atoms with Crippen LogP contribution in [-0.4, -0.2) is 29.5 Å². The van der Waals surface area contributed by atoms with Crippen LogP contribution in [0, 0.1) is 0 Å². The molecule has 19 heavy (non-hydrogen) atoms. The smallest absolute Gasteiger partial charge is 0.242 e. The number of amides is 2. The van der Waals surface area contributed by atoms with E-state index in [0.29, 0.717) is 19.4 Å². The van der Waals surface area contributed by atoms with E-state index in [2.05, 4.69) is 10.6 Å². The fourth-order valence-corrected chi connectivity index (χ4v) is 2.10. The molecule has 0 bridgehead atoms. The van der Waals surface area contributed by atoms with Crippen LogP contribution in [0.4, 0.5) is 0 Å². The van der Waals surface area contributed by atoms with E-state index in [1.807, 2.05) is 12.1 Å². The summed E-state index contributed by atoms with van der Waals surface area (Å²) in [6.07, 6.45) is 2.70. The topological polar surface area (TPSA) is 78.4 Å². The Morgan fingerprint density at radius 3 is 2.74 bits per heavy atom. The van der Waals surface area contributed by atoms with Crippen LogP contribution < -0.4 is 10.6 Å². The van der Waals surface area contributed by atoms with E-state index in [-0.39, 0.29) is 23.6 Å². The zero-order chi connectivity index (χ0) is 13.7. The molecule has 1 aliphatic heterocycles. The standard InChI is InChI=1S/C14H18N2O3/c17-11-5-3-10(4-6-11)2-1-9-15-14(19)12-7-8-13(18)16-12/h3-6,12,17H,1-2,7-9H2,(H,15,19)(H,16,18). The van der Waals surface area contributed by atoms with Crippen LogP contribution in [-0.2, 0) is 16.0 Å². The first-order valence-corrected chi connectivity index (χ1v) is 6.50. The van der Waals surface area contributed by atoms with Crippen molar-refractivity contribution < 1.29 is 14.7 Å². The molecular formula is C14H18N2O3. The van der Waals surface area contributed by atoms with E-state index in [0.717, 1.165) is 18.4 Å². The summed E-state index contributed by atoms with van der Waals surface area (Å²) in [5, 5.41) is 14.6. The molecule has 2 rings (SSSR count). The first-order chi connectivity index (χ1) is 9.15. The molecule has 1 saturated heterocycles. The van der Waals surface area contributed by atoms with Gasteiger partial charge in [-0.15, -0.1) is 0 Å². The van der Waals surface area contributed by atoms with Gasteiger partial charge in [0.1, 0.15) is 11.8 Å². The number of carbonyl (C=O) groups is 2. The first-order valence-electron chi connectivity index (χ1n) is 6.50. The summed E-state index contributed by atoms with van der Waals surface area (Å²) in [4.78, 5) is 22.7. The van der Waals surface area contributed by atoms with Crippen molar-refractivity contribution in [3.8, 4) is 5.75 Å². The summed E-state index contributed by atoms with van der Waals surface area (Å²) in [6, 6.07) is 6.69. The number of hydrogen-bond acceptors (Lipinski definition) is 3. The lowest BCUT2D eigenvalue weighted by Gasteiger charge is -2.10. The quantitative estimate of drug-likeness (QED) is 0.684. The van der Waals surface area contributed by atoms with Crippen LogP contribution in [0.25, 0.3) is 0 Å². The number of aromatic hydroxyl groups is 1. The molecule has 1 atom stereocenters. The molecule has 0 aliphatic carbocycles. The first kappa shape index (κ1) is 13.4. The van der Waals surface area contributed by atoms with Gasteiger partial charge in [0.05, 0.1) is 0 Å². The van der Waals surface area contributed by atoms with Crippen molar-refractivity contribution in [1.29, 1.82) is 0 Å². The largest absolute Gasteiger partial charge is 0.508 e. The molecule has 1 aliphatic rings. The Bertz CT molecular complexity index is 456. The van der Waals surface area contributed by atoms with Gasteiger partial charge < -0.3 is 15.7 Å². The molecule has 1 aromatic carbocycles. The van der Waals surface area contributed by atoms with Crippen LogP contribution in [0.1, 0.15) is 24.8 Å². The van der Waals surface area contributed by atoms with Crippen LogP contribution >= 0.6 is 0 Å². The summed E-state index contributed by atoms with van der Waals surface area (Å²) in [7, 11) is 0. The van der Waals surface area contributed by atoms with Gasteiger partial charge in [0.15, 0.2) is 0 Å². The molecule has 0 saturated carbocycles. The third kappa shape index (κ3) is 3.98. The number of phenolic OH excluding ortho intramolecular Hbond substituents is 1. The molecule has 3 N–H and O–H groups in total. The Morgan fingerprint density at radius 1 is 1.37 bits per heavy atom. The van der Waals surface area contributed by atoms with Gasteiger partial charge in [0.25, 0.3) is 0 Å². The maximum absolute atomic E-state index is 11.7. The Morgan fingerprint density at radius 2 is 2.11 bits per heavy atom. The summed E-state index contributed by atoms with van der Waals surface area (Å²) in [6.45, 7) is 0.589. The number of nitrogens with one attached hydrogen (secondary N) is 2. The van der Waals surface area contributed by atoms with Gasteiger partial charge in [0.2, 0.25) is 11.8 Å². The maximum atomic E-state index is 11.7. The summed E-state index contributed by atoms with van der Waals surface area (Å²) < 4.78 is 0. The highest BCUT2D eigenvalue weighted by Gasteiger charge is 2.26. The molecule has 1 fully saturated rings. The fraction of sp³-hybridized carbons (Fsp3) is 0.429. The molecule has 0 aromatic heterocycles. The number of benzene rings is 1. The highest BCUT2D eigenvalue weighted by atomic mass is 16.3. The Hall–Kier alpha value is -2.04. The van der Waals surface area contributed by atoms with E-state index in [1.165, 1.54) is 0 Å². The van der Waals surface area contributed by atoms with Crippen molar-refractivity contribution in [3.05, 3.63) is 29.8 Å². The van der Waals surface area contributed by atoms with E-state index < -0.39 is 0 Å². The van der Waals surface area contributed by atoms with Gasteiger partial charge in [-0.1, -0.05) is 12.1 Å². The Kier molecular flexibility index (Phi) is 4.39. The molecule has 102 valence electrons. The number of carbonyl (C=O) groups excluding carboxylic acids is 2. The molecule has 2 amide bonds. The van der Waals surface area contributed by atoms with Gasteiger partial charge >= 0.3 is 0 Å². The second-order valence-corrected chi connectivity index (χ2v) is 4.72. The van der Waals surface area contributed by atoms with Crippen LogP contribution in [0.3, 0.4) is 0 Å². The van der Waals surface area contributed by atoms with E-state index in [4.69, 9.17) is 5.11 Å². The van der Waals surface area contributed by atoms with Crippen molar-refractivity contribution in [2.75, 3.05) is 6.54 Å². The van der Waals surface area contributed by atoms with E-state index in [1.54, 1.807) is 12.1 Å². The predicted molar refractivity (Wildman–Crippen MR) is 70.6 cm³/mol. The van der Waals surface area contributed by atoms with Crippen molar-refractivity contribution >= 4 is 11.8 Å². The lowest BCUT2D eigenvalue weighted by Crippen LogP contribution is -2.41.